The quantitative estimate of drug-likeness (QED) is 0.772. The highest BCUT2D eigenvalue weighted by atomic mass is 16.4. The van der Waals surface area contributed by atoms with Crippen LogP contribution >= 0.6 is 0 Å². The zero-order valence-corrected chi connectivity index (χ0v) is 11.3. The Morgan fingerprint density at radius 1 is 1.37 bits per heavy atom. The summed E-state index contributed by atoms with van der Waals surface area (Å²) in [5, 5.41) is 11.2. The second-order valence-electron chi connectivity index (χ2n) is 4.57. The Morgan fingerprint density at radius 3 is 2.74 bits per heavy atom. The van der Waals surface area contributed by atoms with E-state index in [4.69, 9.17) is 5.11 Å². The van der Waals surface area contributed by atoms with Gasteiger partial charge in [-0.1, -0.05) is 29.8 Å². The number of hydrogen-bond acceptors (Lipinski definition) is 2. The predicted molar refractivity (Wildman–Crippen MR) is 72.9 cm³/mol. The number of benzene rings is 1. The van der Waals surface area contributed by atoms with Crippen molar-refractivity contribution in [1.29, 1.82) is 0 Å². The Labute approximate surface area is 113 Å². The third-order valence-electron chi connectivity index (χ3n) is 2.69. The van der Waals surface area contributed by atoms with E-state index >= 15 is 0 Å². The predicted octanol–water partition coefficient (Wildman–Crippen LogP) is 2.00. The van der Waals surface area contributed by atoms with Crippen molar-refractivity contribution in [1.82, 2.24) is 10.2 Å². The van der Waals surface area contributed by atoms with E-state index in [0.29, 0.717) is 19.5 Å². The van der Waals surface area contributed by atoms with E-state index in [2.05, 4.69) is 5.32 Å². The number of amides is 2. The van der Waals surface area contributed by atoms with Gasteiger partial charge in [-0.2, -0.15) is 0 Å². The van der Waals surface area contributed by atoms with Gasteiger partial charge in [0.25, 0.3) is 0 Å². The van der Waals surface area contributed by atoms with Crippen molar-refractivity contribution in [3.8, 4) is 0 Å². The molecule has 5 heteroatoms. The molecule has 0 aliphatic carbocycles. The zero-order valence-electron chi connectivity index (χ0n) is 11.3. The molecule has 0 radical (unpaired) electrons. The van der Waals surface area contributed by atoms with E-state index in [1.807, 2.05) is 31.2 Å². The number of carboxylic acids is 1. The minimum Gasteiger partial charge on any atom is -0.481 e. The molecule has 5 nitrogen and oxygen atoms in total. The van der Waals surface area contributed by atoms with Crippen molar-refractivity contribution in [2.24, 2.45) is 0 Å². The van der Waals surface area contributed by atoms with Gasteiger partial charge in [0.15, 0.2) is 0 Å². The van der Waals surface area contributed by atoms with Crippen molar-refractivity contribution in [3.05, 3.63) is 35.4 Å². The Bertz CT molecular complexity index is 446. The summed E-state index contributed by atoms with van der Waals surface area (Å²) in [6, 6.07) is 7.79. The molecule has 1 rings (SSSR count). The van der Waals surface area contributed by atoms with Crippen molar-refractivity contribution in [2.45, 2.75) is 26.3 Å². The number of carbonyl (C=O) groups excluding carboxylic acids is 1. The third-order valence-corrected chi connectivity index (χ3v) is 2.69. The molecule has 104 valence electrons. The summed E-state index contributed by atoms with van der Waals surface area (Å²) in [6.45, 7) is 2.92. The molecule has 0 saturated heterocycles. The van der Waals surface area contributed by atoms with E-state index in [0.717, 1.165) is 11.1 Å². The second-order valence-corrected chi connectivity index (χ2v) is 4.57. The van der Waals surface area contributed by atoms with Crippen LogP contribution in [0.15, 0.2) is 24.3 Å². The Balaban J connectivity index is 2.34. The summed E-state index contributed by atoms with van der Waals surface area (Å²) in [7, 11) is 1.72. The number of aryl methyl sites for hydroxylation is 1. The maximum absolute atomic E-state index is 11.7. The lowest BCUT2D eigenvalue weighted by atomic mass is 10.1. The van der Waals surface area contributed by atoms with Crippen LogP contribution in [0.3, 0.4) is 0 Å². The van der Waals surface area contributed by atoms with Gasteiger partial charge in [-0.05, 0) is 18.9 Å². The average Bonchev–Trinajstić information content (AvgIpc) is 2.34. The topological polar surface area (TPSA) is 69.6 Å². The standard InChI is InChI=1S/C14H20N2O3/c1-11-5-3-6-12(9-11)10-16(2)14(19)15-8-4-7-13(17)18/h3,5-6,9H,4,7-8,10H2,1-2H3,(H,15,19)(H,17,18). The highest BCUT2D eigenvalue weighted by Crippen LogP contribution is 2.06. The maximum atomic E-state index is 11.7. The number of hydrogen-bond donors (Lipinski definition) is 2. The fourth-order valence-corrected chi connectivity index (χ4v) is 1.73. The van der Waals surface area contributed by atoms with Crippen molar-refractivity contribution >= 4 is 12.0 Å². The van der Waals surface area contributed by atoms with E-state index < -0.39 is 5.97 Å². The summed E-state index contributed by atoms with van der Waals surface area (Å²) < 4.78 is 0. The van der Waals surface area contributed by atoms with Crippen LogP contribution in [0.25, 0.3) is 0 Å². The van der Waals surface area contributed by atoms with Gasteiger partial charge in [0, 0.05) is 26.6 Å². The molecule has 0 atom stereocenters. The molecular formula is C14H20N2O3. The summed E-state index contributed by atoms with van der Waals surface area (Å²) in [4.78, 5) is 23.7. The lowest BCUT2D eigenvalue weighted by molar-refractivity contribution is -0.137. The Morgan fingerprint density at radius 2 is 2.11 bits per heavy atom. The Kier molecular flexibility index (Phi) is 5.85. The van der Waals surface area contributed by atoms with E-state index in [1.54, 1.807) is 11.9 Å². The second kappa shape index (κ2) is 7.41. The molecular weight excluding hydrogens is 244 g/mol. The first-order valence-electron chi connectivity index (χ1n) is 6.25. The van der Waals surface area contributed by atoms with Crippen molar-refractivity contribution in [3.63, 3.8) is 0 Å². The third kappa shape index (κ3) is 5.90. The zero-order chi connectivity index (χ0) is 14.3. The van der Waals surface area contributed by atoms with Crippen molar-refractivity contribution in [2.75, 3.05) is 13.6 Å². The first-order chi connectivity index (χ1) is 8.99. The smallest absolute Gasteiger partial charge is 0.317 e. The van der Waals surface area contributed by atoms with E-state index in [-0.39, 0.29) is 12.5 Å². The van der Waals surface area contributed by atoms with Crippen LogP contribution in [0.2, 0.25) is 0 Å². The molecule has 2 amide bonds. The number of carbonyl (C=O) groups is 2. The lowest BCUT2D eigenvalue weighted by Crippen LogP contribution is -2.37. The van der Waals surface area contributed by atoms with Gasteiger partial charge in [0.2, 0.25) is 0 Å². The fourth-order valence-electron chi connectivity index (χ4n) is 1.73. The summed E-state index contributed by atoms with van der Waals surface area (Å²) >= 11 is 0. The number of nitrogens with one attached hydrogen (secondary N) is 1. The lowest BCUT2D eigenvalue weighted by Gasteiger charge is -2.18. The van der Waals surface area contributed by atoms with Crippen LogP contribution in [-0.4, -0.2) is 35.6 Å². The van der Waals surface area contributed by atoms with E-state index in [1.165, 1.54) is 0 Å². The average molecular weight is 264 g/mol. The normalized spacial score (nSPS) is 10.0. The maximum Gasteiger partial charge on any atom is 0.317 e. The molecule has 0 aliphatic rings. The van der Waals surface area contributed by atoms with Gasteiger partial charge in [-0.25, -0.2) is 4.79 Å². The van der Waals surface area contributed by atoms with E-state index in [9.17, 15) is 9.59 Å². The molecule has 1 aromatic rings. The molecule has 0 aromatic heterocycles. The molecule has 1 aromatic carbocycles. The van der Waals surface area contributed by atoms with Crippen molar-refractivity contribution < 1.29 is 14.7 Å². The first-order valence-corrected chi connectivity index (χ1v) is 6.25. The summed E-state index contributed by atoms with van der Waals surface area (Å²) in [6.07, 6.45) is 0.515. The molecule has 0 aliphatic heterocycles. The van der Waals surface area contributed by atoms with Gasteiger partial charge < -0.3 is 15.3 Å². The van der Waals surface area contributed by atoms with Crippen LogP contribution in [-0.2, 0) is 11.3 Å². The minimum atomic E-state index is -0.845. The number of aliphatic carboxylic acids is 1. The van der Waals surface area contributed by atoms with Gasteiger partial charge in [0.05, 0.1) is 0 Å². The molecule has 2 N–H and O–H groups in total. The largest absolute Gasteiger partial charge is 0.481 e. The first kappa shape index (κ1) is 15.0. The van der Waals surface area contributed by atoms with Gasteiger partial charge in [-0.3, -0.25) is 4.79 Å². The SMILES string of the molecule is Cc1cccc(CN(C)C(=O)NCCCC(=O)O)c1. The molecule has 0 saturated carbocycles. The molecule has 0 bridgehead atoms. The van der Waals surface area contributed by atoms with Crippen LogP contribution in [0.1, 0.15) is 24.0 Å². The van der Waals surface area contributed by atoms with Gasteiger partial charge in [-0.15, -0.1) is 0 Å². The van der Waals surface area contributed by atoms with Crippen LogP contribution < -0.4 is 5.32 Å². The molecule has 0 unspecified atom stereocenters. The van der Waals surface area contributed by atoms with Crippen LogP contribution in [0.4, 0.5) is 4.79 Å². The highest BCUT2D eigenvalue weighted by molar-refractivity contribution is 5.74. The fraction of sp³-hybridized carbons (Fsp3) is 0.429. The number of nitrogens with zero attached hydrogens (tertiary/aromatic N) is 1. The molecule has 0 heterocycles. The molecule has 0 spiro atoms. The number of urea groups is 1. The minimum absolute atomic E-state index is 0.0713. The Hall–Kier alpha value is -2.04. The summed E-state index contributed by atoms with van der Waals surface area (Å²) in [5.74, 6) is -0.845. The van der Waals surface area contributed by atoms with Crippen LogP contribution in [0, 0.1) is 6.92 Å². The highest BCUT2D eigenvalue weighted by Gasteiger charge is 2.08. The van der Waals surface area contributed by atoms with Gasteiger partial charge in [0.1, 0.15) is 0 Å². The number of rotatable bonds is 6. The monoisotopic (exact) mass is 264 g/mol. The number of carboxylic acid groups (broad SMARTS) is 1. The summed E-state index contributed by atoms with van der Waals surface area (Å²) in [5.41, 5.74) is 2.23. The molecule has 19 heavy (non-hydrogen) atoms. The van der Waals surface area contributed by atoms with Gasteiger partial charge >= 0.3 is 12.0 Å². The van der Waals surface area contributed by atoms with Crippen LogP contribution in [0.5, 0.6) is 0 Å². The molecule has 0 fully saturated rings.